The van der Waals surface area contributed by atoms with E-state index in [-0.39, 0.29) is 24.7 Å². The summed E-state index contributed by atoms with van der Waals surface area (Å²) in [7, 11) is 6.02. The molecule has 1 unspecified atom stereocenters. The standard InChI is InChI=1S/C28H35N5O3/c1-19-17-21(5-6-22(19)18-29)26-25(20-7-9-24(10-8-20)36-16-15-34)27(35)32(4)28(30-26)33-13-11-23(12-14-33)31(2)3/h5-10,19,23,34H,11-17H2,1-4H3. The molecule has 2 heterocycles. The van der Waals surface area contributed by atoms with E-state index < -0.39 is 0 Å². The smallest absolute Gasteiger partial charge is 0.263 e. The molecule has 1 saturated heterocycles. The summed E-state index contributed by atoms with van der Waals surface area (Å²) in [5.74, 6) is 1.37. The van der Waals surface area contributed by atoms with E-state index >= 15 is 0 Å². The van der Waals surface area contributed by atoms with Gasteiger partial charge in [0.1, 0.15) is 12.4 Å². The first-order valence-electron chi connectivity index (χ1n) is 12.5. The molecule has 190 valence electrons. The van der Waals surface area contributed by atoms with Gasteiger partial charge in [0.25, 0.3) is 5.56 Å². The average molecular weight is 490 g/mol. The highest BCUT2D eigenvalue weighted by Gasteiger charge is 2.27. The zero-order valence-electron chi connectivity index (χ0n) is 21.6. The molecule has 8 nitrogen and oxygen atoms in total. The molecule has 2 aromatic rings. The number of nitrogens with zero attached hydrogens (tertiary/aromatic N) is 5. The third kappa shape index (κ3) is 5.23. The molecule has 1 aliphatic heterocycles. The Bertz CT molecular complexity index is 1250. The van der Waals surface area contributed by atoms with Crippen LogP contribution in [-0.2, 0) is 7.05 Å². The first-order valence-corrected chi connectivity index (χ1v) is 12.5. The second-order valence-electron chi connectivity index (χ2n) is 9.81. The zero-order chi connectivity index (χ0) is 25.8. The molecule has 1 atom stereocenters. The lowest BCUT2D eigenvalue weighted by Crippen LogP contribution is -2.44. The fourth-order valence-electron chi connectivity index (χ4n) is 5.02. The van der Waals surface area contributed by atoms with Gasteiger partial charge in [-0.15, -0.1) is 0 Å². The van der Waals surface area contributed by atoms with E-state index in [0.29, 0.717) is 35.4 Å². The van der Waals surface area contributed by atoms with Crippen molar-refractivity contribution in [2.45, 2.75) is 32.2 Å². The SMILES string of the molecule is CC1CC(c2nc(N3CCC(N(C)C)CC3)n(C)c(=O)c2-c2ccc(OCCO)cc2)=CC=C1C#N. The lowest BCUT2D eigenvalue weighted by Gasteiger charge is -2.36. The maximum atomic E-state index is 13.9. The monoisotopic (exact) mass is 489 g/mol. The predicted molar refractivity (Wildman–Crippen MR) is 142 cm³/mol. The molecular weight excluding hydrogens is 454 g/mol. The molecule has 0 saturated carbocycles. The van der Waals surface area contributed by atoms with Crippen molar-refractivity contribution in [3.63, 3.8) is 0 Å². The predicted octanol–water partition coefficient (Wildman–Crippen LogP) is 3.22. The van der Waals surface area contributed by atoms with E-state index in [0.717, 1.165) is 42.6 Å². The molecular formula is C28H35N5O3. The third-order valence-corrected chi connectivity index (χ3v) is 7.20. The number of rotatable bonds is 7. The summed E-state index contributed by atoms with van der Waals surface area (Å²) in [5.41, 5.74) is 3.57. The van der Waals surface area contributed by atoms with Crippen LogP contribution < -0.4 is 15.2 Å². The Labute approximate surface area is 212 Å². The summed E-state index contributed by atoms with van der Waals surface area (Å²) < 4.78 is 7.16. The van der Waals surface area contributed by atoms with Crippen molar-refractivity contribution >= 4 is 11.5 Å². The molecule has 36 heavy (non-hydrogen) atoms. The maximum absolute atomic E-state index is 13.9. The number of ether oxygens (including phenoxy) is 1. The van der Waals surface area contributed by atoms with E-state index in [2.05, 4.69) is 30.0 Å². The number of hydrogen-bond donors (Lipinski definition) is 1. The molecule has 0 radical (unpaired) electrons. The molecule has 1 N–H and O–H groups in total. The second-order valence-corrected chi connectivity index (χ2v) is 9.81. The minimum Gasteiger partial charge on any atom is -0.491 e. The lowest BCUT2D eigenvalue weighted by atomic mass is 9.86. The van der Waals surface area contributed by atoms with Crippen LogP contribution in [0.3, 0.4) is 0 Å². The van der Waals surface area contributed by atoms with Gasteiger partial charge in [-0.05, 0) is 68.6 Å². The summed E-state index contributed by atoms with van der Waals surface area (Å²) in [4.78, 5) is 23.4. The highest BCUT2D eigenvalue weighted by atomic mass is 16.5. The topological polar surface area (TPSA) is 94.6 Å². The van der Waals surface area contributed by atoms with Crippen LogP contribution in [0.25, 0.3) is 16.7 Å². The summed E-state index contributed by atoms with van der Waals surface area (Å²) in [5, 5.41) is 18.5. The number of nitriles is 1. The van der Waals surface area contributed by atoms with Gasteiger partial charge >= 0.3 is 0 Å². The number of allylic oxidation sites excluding steroid dienone is 4. The fraction of sp³-hybridized carbons (Fsp3) is 0.464. The fourth-order valence-corrected chi connectivity index (χ4v) is 5.02. The third-order valence-electron chi connectivity index (χ3n) is 7.20. The quantitative estimate of drug-likeness (QED) is 0.638. The molecule has 4 rings (SSSR count). The van der Waals surface area contributed by atoms with Gasteiger partial charge in [-0.25, -0.2) is 4.98 Å². The molecule has 2 aliphatic rings. The van der Waals surface area contributed by atoms with Crippen molar-refractivity contribution < 1.29 is 9.84 Å². The Balaban J connectivity index is 1.80. The minimum absolute atomic E-state index is 0.0576. The molecule has 1 fully saturated rings. The molecule has 1 aliphatic carbocycles. The number of aromatic nitrogens is 2. The molecule has 8 heteroatoms. The van der Waals surface area contributed by atoms with Gasteiger partial charge in [-0.2, -0.15) is 5.26 Å². The lowest BCUT2D eigenvalue weighted by molar-refractivity contribution is 0.201. The van der Waals surface area contributed by atoms with Crippen LogP contribution in [0.5, 0.6) is 5.75 Å². The maximum Gasteiger partial charge on any atom is 0.263 e. The normalized spacial score (nSPS) is 18.6. The summed E-state index contributed by atoms with van der Waals surface area (Å²) in [6.07, 6.45) is 6.46. The Morgan fingerprint density at radius 3 is 2.47 bits per heavy atom. The van der Waals surface area contributed by atoms with Crippen LogP contribution in [0.4, 0.5) is 5.95 Å². The minimum atomic E-state index is -0.0997. The zero-order valence-corrected chi connectivity index (χ0v) is 21.6. The van der Waals surface area contributed by atoms with Crippen LogP contribution >= 0.6 is 0 Å². The van der Waals surface area contributed by atoms with Crippen molar-refractivity contribution in [1.29, 1.82) is 5.26 Å². The Morgan fingerprint density at radius 2 is 1.89 bits per heavy atom. The molecule has 0 spiro atoms. The molecule has 1 aromatic heterocycles. The van der Waals surface area contributed by atoms with Gasteiger partial charge in [0.05, 0.1) is 23.9 Å². The number of aliphatic hydroxyl groups excluding tert-OH is 1. The van der Waals surface area contributed by atoms with Crippen LogP contribution in [0.1, 0.15) is 31.9 Å². The van der Waals surface area contributed by atoms with Crippen LogP contribution in [0.2, 0.25) is 0 Å². The Morgan fingerprint density at radius 1 is 1.19 bits per heavy atom. The summed E-state index contributed by atoms with van der Waals surface area (Å²) >= 11 is 0. The van der Waals surface area contributed by atoms with Crippen LogP contribution in [0, 0.1) is 17.2 Å². The largest absolute Gasteiger partial charge is 0.491 e. The van der Waals surface area contributed by atoms with E-state index in [4.69, 9.17) is 14.8 Å². The van der Waals surface area contributed by atoms with Gasteiger partial charge in [-0.1, -0.05) is 25.1 Å². The highest BCUT2D eigenvalue weighted by Crippen LogP contribution is 2.35. The van der Waals surface area contributed by atoms with Crippen molar-refractivity contribution in [3.05, 3.63) is 58.0 Å². The van der Waals surface area contributed by atoms with Gasteiger partial charge in [-0.3, -0.25) is 9.36 Å². The van der Waals surface area contributed by atoms with Gasteiger partial charge in [0, 0.05) is 31.8 Å². The first-order chi connectivity index (χ1) is 17.3. The highest BCUT2D eigenvalue weighted by molar-refractivity contribution is 5.81. The second kappa shape index (κ2) is 11.1. The van der Waals surface area contributed by atoms with Crippen molar-refractivity contribution in [2.75, 3.05) is 45.3 Å². The number of piperidine rings is 1. The van der Waals surface area contributed by atoms with Crippen LogP contribution in [-0.4, -0.2) is 66.0 Å². The number of hydrogen-bond acceptors (Lipinski definition) is 7. The molecule has 1 aromatic carbocycles. The molecule has 0 amide bonds. The average Bonchev–Trinajstić information content (AvgIpc) is 2.89. The van der Waals surface area contributed by atoms with Gasteiger partial charge in [0.2, 0.25) is 5.95 Å². The van der Waals surface area contributed by atoms with E-state index in [1.54, 1.807) is 23.7 Å². The van der Waals surface area contributed by atoms with E-state index in [9.17, 15) is 10.1 Å². The number of anilines is 1. The van der Waals surface area contributed by atoms with Crippen molar-refractivity contribution in [1.82, 2.24) is 14.5 Å². The molecule has 0 bridgehead atoms. The number of aliphatic hydroxyl groups is 1. The van der Waals surface area contributed by atoms with Crippen molar-refractivity contribution in [3.8, 4) is 22.9 Å². The van der Waals surface area contributed by atoms with Gasteiger partial charge < -0.3 is 19.6 Å². The first kappa shape index (κ1) is 25.7. The summed E-state index contributed by atoms with van der Waals surface area (Å²) in [6.45, 7) is 3.86. The Kier molecular flexibility index (Phi) is 7.92. The van der Waals surface area contributed by atoms with Crippen molar-refractivity contribution in [2.24, 2.45) is 13.0 Å². The summed E-state index contributed by atoms with van der Waals surface area (Å²) in [6, 6.07) is 10.1. The van der Waals surface area contributed by atoms with E-state index in [1.807, 2.05) is 31.2 Å². The number of benzene rings is 1. The van der Waals surface area contributed by atoms with Crippen LogP contribution in [0.15, 0.2) is 46.8 Å². The van der Waals surface area contributed by atoms with Gasteiger partial charge in [0.15, 0.2) is 0 Å². The van der Waals surface area contributed by atoms with E-state index in [1.165, 1.54) is 0 Å². The Hall–Kier alpha value is -3.41.